The normalized spacial score (nSPS) is 10.7. The number of fused-ring (bicyclic) bond motifs is 1. The smallest absolute Gasteiger partial charge is 0.263 e. The Morgan fingerprint density at radius 1 is 1.29 bits per heavy atom. The number of halogens is 1. The molecule has 1 aromatic carbocycles. The Morgan fingerprint density at radius 3 is 2.81 bits per heavy atom. The molecule has 1 amide bonds. The molecule has 0 saturated carbocycles. The molecule has 7 heteroatoms. The summed E-state index contributed by atoms with van der Waals surface area (Å²) in [6, 6.07) is 7.36. The van der Waals surface area contributed by atoms with Crippen molar-refractivity contribution < 1.29 is 4.79 Å². The molecule has 0 aliphatic rings. The van der Waals surface area contributed by atoms with Crippen LogP contribution in [0, 0.1) is 0 Å². The topological polar surface area (TPSA) is 80.9 Å². The van der Waals surface area contributed by atoms with Gasteiger partial charge >= 0.3 is 0 Å². The van der Waals surface area contributed by atoms with Crippen molar-refractivity contribution in [3.05, 3.63) is 52.1 Å². The van der Waals surface area contributed by atoms with Crippen LogP contribution in [0.1, 0.15) is 15.2 Å². The van der Waals surface area contributed by atoms with E-state index in [-0.39, 0.29) is 5.91 Å². The summed E-state index contributed by atoms with van der Waals surface area (Å²) in [7, 11) is 0. The summed E-state index contributed by atoms with van der Waals surface area (Å²) >= 11 is 7.28. The van der Waals surface area contributed by atoms with Crippen molar-refractivity contribution in [3.8, 4) is 0 Å². The fraction of sp³-hybridized carbons (Fsp3) is 0.0714. The van der Waals surface area contributed by atoms with Gasteiger partial charge in [0.15, 0.2) is 0 Å². The van der Waals surface area contributed by atoms with E-state index in [1.54, 1.807) is 18.5 Å². The lowest BCUT2D eigenvalue weighted by molar-refractivity contribution is 0.0956. The fourth-order valence-electron chi connectivity index (χ4n) is 1.91. The Bertz CT molecular complexity index is 818. The summed E-state index contributed by atoms with van der Waals surface area (Å²) < 4.78 is 0. The molecule has 0 spiro atoms. The first-order valence-electron chi connectivity index (χ1n) is 6.17. The van der Waals surface area contributed by atoms with E-state index in [0.717, 1.165) is 5.56 Å². The van der Waals surface area contributed by atoms with Gasteiger partial charge in [-0.25, -0.2) is 9.97 Å². The third-order valence-corrected chi connectivity index (χ3v) is 4.44. The zero-order valence-electron chi connectivity index (χ0n) is 10.8. The maximum Gasteiger partial charge on any atom is 0.263 e. The summed E-state index contributed by atoms with van der Waals surface area (Å²) in [4.78, 5) is 21.6. The van der Waals surface area contributed by atoms with Gasteiger partial charge in [0, 0.05) is 24.0 Å². The van der Waals surface area contributed by atoms with Gasteiger partial charge in [0.1, 0.15) is 15.2 Å². The molecular formula is C14H11ClN4OS. The SMILES string of the molecule is Nc1c(C(=O)NCc2ccccc2Cl)sc2nccnc12. The van der Waals surface area contributed by atoms with Gasteiger partial charge in [-0.1, -0.05) is 29.8 Å². The van der Waals surface area contributed by atoms with Crippen LogP contribution < -0.4 is 11.1 Å². The van der Waals surface area contributed by atoms with Crippen LogP contribution in [-0.2, 0) is 6.54 Å². The number of nitrogens with zero attached hydrogens (tertiary/aromatic N) is 2. The number of nitrogens with one attached hydrogen (secondary N) is 1. The monoisotopic (exact) mass is 318 g/mol. The number of hydrogen-bond donors (Lipinski definition) is 2. The summed E-state index contributed by atoms with van der Waals surface area (Å²) in [6.45, 7) is 0.340. The number of carbonyl (C=O) groups excluding carboxylic acids is 1. The second-order valence-corrected chi connectivity index (χ2v) is 5.74. The van der Waals surface area contributed by atoms with E-state index < -0.39 is 0 Å². The molecular weight excluding hydrogens is 308 g/mol. The van der Waals surface area contributed by atoms with Gasteiger partial charge < -0.3 is 11.1 Å². The van der Waals surface area contributed by atoms with E-state index in [2.05, 4.69) is 15.3 Å². The van der Waals surface area contributed by atoms with Crippen molar-refractivity contribution in [2.24, 2.45) is 0 Å². The van der Waals surface area contributed by atoms with Crippen molar-refractivity contribution in [1.82, 2.24) is 15.3 Å². The van der Waals surface area contributed by atoms with E-state index in [1.807, 2.05) is 18.2 Å². The first-order valence-corrected chi connectivity index (χ1v) is 7.37. The minimum Gasteiger partial charge on any atom is -0.396 e. The number of aromatic nitrogens is 2. The predicted molar refractivity (Wildman–Crippen MR) is 84.4 cm³/mol. The molecule has 0 fully saturated rings. The number of thiophene rings is 1. The maximum atomic E-state index is 12.2. The number of amides is 1. The number of rotatable bonds is 3. The lowest BCUT2D eigenvalue weighted by Gasteiger charge is -2.06. The highest BCUT2D eigenvalue weighted by atomic mass is 35.5. The van der Waals surface area contributed by atoms with Crippen molar-refractivity contribution in [2.45, 2.75) is 6.54 Å². The summed E-state index contributed by atoms with van der Waals surface area (Å²) in [5.74, 6) is -0.253. The molecule has 2 heterocycles. The fourth-order valence-corrected chi connectivity index (χ4v) is 3.05. The zero-order valence-corrected chi connectivity index (χ0v) is 12.4. The third kappa shape index (κ3) is 2.68. The number of carbonyl (C=O) groups is 1. The molecule has 0 unspecified atom stereocenters. The first-order chi connectivity index (χ1) is 10.2. The molecule has 3 aromatic rings. The molecule has 0 atom stereocenters. The van der Waals surface area contributed by atoms with Crippen LogP contribution in [0.4, 0.5) is 5.69 Å². The molecule has 3 N–H and O–H groups in total. The van der Waals surface area contributed by atoms with Crippen LogP contribution in [0.3, 0.4) is 0 Å². The van der Waals surface area contributed by atoms with Crippen molar-refractivity contribution in [1.29, 1.82) is 0 Å². The minimum atomic E-state index is -0.253. The number of nitrogens with two attached hydrogens (primary N) is 1. The minimum absolute atomic E-state index is 0.253. The van der Waals surface area contributed by atoms with Gasteiger partial charge in [-0.2, -0.15) is 0 Å². The van der Waals surface area contributed by atoms with Gasteiger partial charge in [-0.3, -0.25) is 4.79 Å². The Labute approximate surface area is 129 Å². The molecule has 2 aromatic heterocycles. The zero-order chi connectivity index (χ0) is 14.8. The predicted octanol–water partition coefficient (Wildman–Crippen LogP) is 2.86. The summed E-state index contributed by atoms with van der Waals surface area (Å²) in [5, 5.41) is 3.43. The van der Waals surface area contributed by atoms with E-state index in [9.17, 15) is 4.79 Å². The van der Waals surface area contributed by atoms with E-state index in [4.69, 9.17) is 17.3 Å². The van der Waals surface area contributed by atoms with Crippen LogP contribution in [0.25, 0.3) is 10.3 Å². The second-order valence-electron chi connectivity index (χ2n) is 4.33. The number of benzene rings is 1. The second kappa shape index (κ2) is 5.67. The lowest BCUT2D eigenvalue weighted by atomic mass is 10.2. The van der Waals surface area contributed by atoms with Crippen molar-refractivity contribution >= 4 is 44.9 Å². The highest BCUT2D eigenvalue weighted by Crippen LogP contribution is 2.30. The number of nitrogen functional groups attached to an aromatic ring is 1. The van der Waals surface area contributed by atoms with E-state index in [1.165, 1.54) is 11.3 Å². The largest absolute Gasteiger partial charge is 0.396 e. The van der Waals surface area contributed by atoms with Gasteiger partial charge in [-0.05, 0) is 11.6 Å². The Balaban J connectivity index is 1.81. The van der Waals surface area contributed by atoms with Crippen LogP contribution in [0.5, 0.6) is 0 Å². The summed E-state index contributed by atoms with van der Waals surface area (Å²) in [5.41, 5.74) is 7.73. The first kappa shape index (κ1) is 13.8. The highest BCUT2D eigenvalue weighted by Gasteiger charge is 2.17. The molecule has 21 heavy (non-hydrogen) atoms. The molecule has 106 valence electrons. The van der Waals surface area contributed by atoms with Gasteiger partial charge in [0.2, 0.25) is 0 Å². The summed E-state index contributed by atoms with van der Waals surface area (Å²) in [6.07, 6.45) is 3.13. The number of anilines is 1. The van der Waals surface area contributed by atoms with Crippen LogP contribution >= 0.6 is 22.9 Å². The average molecular weight is 319 g/mol. The lowest BCUT2D eigenvalue weighted by Crippen LogP contribution is -2.22. The average Bonchev–Trinajstić information content (AvgIpc) is 2.84. The molecule has 0 saturated heterocycles. The standard InChI is InChI=1S/C14H11ClN4OS/c15-9-4-2-1-3-8(9)7-19-13(20)12-10(16)11-14(21-12)18-6-5-17-11/h1-6H,7,16H2,(H,19,20). The Hall–Kier alpha value is -2.18. The highest BCUT2D eigenvalue weighted by molar-refractivity contribution is 7.21. The van der Waals surface area contributed by atoms with Gasteiger partial charge in [-0.15, -0.1) is 11.3 Å². The molecule has 0 aliphatic carbocycles. The van der Waals surface area contributed by atoms with E-state index >= 15 is 0 Å². The van der Waals surface area contributed by atoms with Crippen LogP contribution in [0.15, 0.2) is 36.7 Å². The quantitative estimate of drug-likeness (QED) is 0.778. The maximum absolute atomic E-state index is 12.2. The molecule has 3 rings (SSSR count). The molecule has 0 bridgehead atoms. The van der Waals surface area contributed by atoms with Gasteiger partial charge in [0.25, 0.3) is 5.91 Å². The van der Waals surface area contributed by atoms with Crippen LogP contribution in [-0.4, -0.2) is 15.9 Å². The van der Waals surface area contributed by atoms with Gasteiger partial charge in [0.05, 0.1) is 5.69 Å². The Kier molecular flexibility index (Phi) is 3.72. The van der Waals surface area contributed by atoms with Crippen molar-refractivity contribution in [2.75, 3.05) is 5.73 Å². The van der Waals surface area contributed by atoms with E-state index in [0.29, 0.717) is 32.5 Å². The van der Waals surface area contributed by atoms with Crippen molar-refractivity contribution in [3.63, 3.8) is 0 Å². The third-order valence-electron chi connectivity index (χ3n) is 2.97. The molecule has 5 nitrogen and oxygen atoms in total. The molecule has 0 radical (unpaired) electrons. The molecule has 0 aliphatic heterocycles. The Morgan fingerprint density at radius 2 is 2.05 bits per heavy atom. The van der Waals surface area contributed by atoms with Crippen LogP contribution in [0.2, 0.25) is 5.02 Å². The number of hydrogen-bond acceptors (Lipinski definition) is 5.